The number of pyridine rings is 1. The maximum absolute atomic E-state index is 12.8. The molecule has 0 unspecified atom stereocenters. The number of hydrogen-bond donors (Lipinski definition) is 2. The number of nitrogen functional groups attached to an aromatic ring is 1. The van der Waals surface area contributed by atoms with E-state index in [0.29, 0.717) is 33.8 Å². The molecule has 0 saturated heterocycles. The number of anilines is 1. The standard InChI is InChI=1S/C21H19F3N6O2/c1-12-10-15(11-13(2)30(12)32)16-17(14-6-4-3-5-7-14)26-19(25)29-18(16)27-28(20(29)31)9-8-21(22,23)24/h3-7,10-11H,8-9H2,1-2H3,(H2,25,26,27)/p+1. The predicted octanol–water partition coefficient (Wildman–Crippen LogP) is 2.43. The monoisotopic (exact) mass is 445 g/mol. The van der Waals surface area contributed by atoms with E-state index in [0.717, 1.165) is 13.8 Å². The summed E-state index contributed by atoms with van der Waals surface area (Å²) in [5.41, 5.74) is 8.43. The SMILES string of the molecule is Cc1cc(-c2c(-c3ccccc3)nc(N)[n+]3c(=O)n(CCC(F)(F)F)[nH]c23)cc(C)[n+]1[O-]. The summed E-state index contributed by atoms with van der Waals surface area (Å²) in [6.45, 7) is 2.67. The van der Waals surface area contributed by atoms with Crippen LogP contribution in [0.3, 0.4) is 0 Å². The minimum absolute atomic E-state index is 0.169. The Balaban J connectivity index is 2.06. The first kappa shape index (κ1) is 21.3. The van der Waals surface area contributed by atoms with Crippen molar-refractivity contribution in [1.82, 2.24) is 14.8 Å². The fourth-order valence-corrected chi connectivity index (χ4v) is 3.65. The molecule has 0 aliphatic carbocycles. The van der Waals surface area contributed by atoms with Gasteiger partial charge in [-0.2, -0.15) is 22.6 Å². The van der Waals surface area contributed by atoms with Gasteiger partial charge in [-0.3, -0.25) is 0 Å². The number of nitrogens with zero attached hydrogens (tertiary/aromatic N) is 4. The molecule has 3 N–H and O–H groups in total. The number of H-pyrrole nitrogens is 1. The molecule has 0 aliphatic rings. The number of aromatic nitrogens is 5. The molecule has 0 spiro atoms. The van der Waals surface area contributed by atoms with Gasteiger partial charge in [0.1, 0.15) is 5.69 Å². The van der Waals surface area contributed by atoms with Crippen molar-refractivity contribution >= 4 is 11.6 Å². The summed E-state index contributed by atoms with van der Waals surface area (Å²) in [5.74, 6) is -0.169. The van der Waals surface area contributed by atoms with E-state index < -0.39 is 24.8 Å². The minimum Gasteiger partial charge on any atom is -0.618 e. The van der Waals surface area contributed by atoms with E-state index in [2.05, 4.69) is 10.1 Å². The number of nitrogens with two attached hydrogens (primary N) is 1. The number of rotatable bonds is 4. The predicted molar refractivity (Wildman–Crippen MR) is 110 cm³/mol. The summed E-state index contributed by atoms with van der Waals surface area (Å²) in [6, 6.07) is 12.3. The molecule has 32 heavy (non-hydrogen) atoms. The lowest BCUT2D eigenvalue weighted by Crippen LogP contribution is -2.44. The molecule has 3 aromatic heterocycles. The molecule has 11 heteroatoms. The van der Waals surface area contributed by atoms with Crippen molar-refractivity contribution in [3.63, 3.8) is 0 Å². The van der Waals surface area contributed by atoms with Crippen LogP contribution in [0.1, 0.15) is 17.8 Å². The molecule has 0 atom stereocenters. The molecule has 4 rings (SSSR count). The van der Waals surface area contributed by atoms with Crippen LogP contribution in [0, 0.1) is 19.1 Å². The second-order valence-electron chi connectivity index (χ2n) is 7.48. The normalized spacial score (nSPS) is 11.9. The average Bonchev–Trinajstić information content (AvgIpc) is 3.07. The van der Waals surface area contributed by atoms with E-state index >= 15 is 0 Å². The highest BCUT2D eigenvalue weighted by Gasteiger charge is 2.31. The molecule has 166 valence electrons. The Bertz CT molecular complexity index is 1350. The minimum atomic E-state index is -4.43. The highest BCUT2D eigenvalue weighted by molar-refractivity contribution is 5.88. The molecular formula is C21H20F3N6O2+. The average molecular weight is 445 g/mol. The number of fused-ring (bicyclic) bond motifs is 1. The summed E-state index contributed by atoms with van der Waals surface area (Å²) in [4.78, 5) is 17.3. The van der Waals surface area contributed by atoms with E-state index in [1.165, 1.54) is 0 Å². The highest BCUT2D eigenvalue weighted by atomic mass is 19.4. The molecule has 0 bridgehead atoms. The molecule has 3 heterocycles. The summed E-state index contributed by atoms with van der Waals surface area (Å²) >= 11 is 0. The van der Waals surface area contributed by atoms with E-state index in [1.54, 1.807) is 50.2 Å². The van der Waals surface area contributed by atoms with Gasteiger partial charge in [-0.1, -0.05) is 30.3 Å². The Labute approximate surface area is 180 Å². The largest absolute Gasteiger partial charge is 0.618 e. The number of hydrogen-bond acceptors (Lipinski definition) is 4. The smallest absolute Gasteiger partial charge is 0.428 e. The molecule has 8 nitrogen and oxygen atoms in total. The maximum atomic E-state index is 12.8. The second kappa shape index (κ2) is 7.66. The van der Waals surface area contributed by atoms with Crippen molar-refractivity contribution in [3.8, 4) is 22.4 Å². The first-order valence-electron chi connectivity index (χ1n) is 9.74. The zero-order valence-electron chi connectivity index (χ0n) is 17.3. The van der Waals surface area contributed by atoms with Gasteiger partial charge in [0.15, 0.2) is 11.4 Å². The molecule has 0 radical (unpaired) electrons. The zero-order valence-corrected chi connectivity index (χ0v) is 17.3. The first-order chi connectivity index (χ1) is 15.1. The topological polar surface area (TPSA) is 108 Å². The molecule has 0 saturated carbocycles. The zero-order chi connectivity index (χ0) is 23.2. The van der Waals surface area contributed by atoms with Crippen molar-refractivity contribution in [2.24, 2.45) is 0 Å². The van der Waals surface area contributed by atoms with Crippen molar-refractivity contribution in [2.75, 3.05) is 5.73 Å². The van der Waals surface area contributed by atoms with E-state index in [9.17, 15) is 23.2 Å². The number of benzene rings is 1. The summed E-state index contributed by atoms with van der Waals surface area (Å²) < 4.78 is 40.9. The van der Waals surface area contributed by atoms with Gasteiger partial charge >= 0.3 is 17.8 Å². The van der Waals surface area contributed by atoms with Crippen molar-refractivity contribution < 1.29 is 22.3 Å². The number of halogens is 3. The summed E-state index contributed by atoms with van der Waals surface area (Å²) in [6.07, 6.45) is -5.62. The van der Waals surface area contributed by atoms with Gasteiger partial charge < -0.3 is 10.9 Å². The quantitative estimate of drug-likeness (QED) is 0.372. The lowest BCUT2D eigenvalue weighted by Gasteiger charge is -2.11. The van der Waals surface area contributed by atoms with Crippen molar-refractivity contribution in [2.45, 2.75) is 33.0 Å². The van der Waals surface area contributed by atoms with Crippen LogP contribution in [0.5, 0.6) is 0 Å². The van der Waals surface area contributed by atoms with E-state index in [-0.39, 0.29) is 11.6 Å². The van der Waals surface area contributed by atoms with Crippen LogP contribution >= 0.6 is 0 Å². The third kappa shape index (κ3) is 3.77. The van der Waals surface area contributed by atoms with Gasteiger partial charge in [-0.15, -0.1) is 9.38 Å². The molecule has 1 aromatic carbocycles. The molecular weight excluding hydrogens is 425 g/mol. The number of aromatic amines is 1. The Morgan fingerprint density at radius 3 is 2.34 bits per heavy atom. The number of nitrogens with one attached hydrogen (secondary N) is 1. The van der Waals surface area contributed by atoms with Crippen LogP contribution in [0.2, 0.25) is 0 Å². The third-order valence-electron chi connectivity index (χ3n) is 5.14. The highest BCUT2D eigenvalue weighted by Crippen LogP contribution is 2.33. The van der Waals surface area contributed by atoms with Crippen LogP contribution in [0.15, 0.2) is 47.3 Å². The molecule has 4 aromatic rings. The van der Waals surface area contributed by atoms with Crippen LogP contribution in [0.4, 0.5) is 19.1 Å². The van der Waals surface area contributed by atoms with Gasteiger partial charge in [-0.25, -0.2) is 9.89 Å². The van der Waals surface area contributed by atoms with Gasteiger partial charge in [0.25, 0.3) is 0 Å². The Kier molecular flexibility index (Phi) is 5.11. The van der Waals surface area contributed by atoms with E-state index in [4.69, 9.17) is 5.73 Å². The Morgan fingerprint density at radius 2 is 1.75 bits per heavy atom. The second-order valence-corrected chi connectivity index (χ2v) is 7.48. The van der Waals surface area contributed by atoms with Crippen molar-refractivity contribution in [1.29, 1.82) is 0 Å². The fourth-order valence-electron chi connectivity index (χ4n) is 3.65. The van der Waals surface area contributed by atoms with Gasteiger partial charge in [0.2, 0.25) is 5.65 Å². The first-order valence-corrected chi connectivity index (χ1v) is 9.74. The van der Waals surface area contributed by atoms with Gasteiger partial charge in [0.05, 0.1) is 18.5 Å². The van der Waals surface area contributed by atoms with Crippen LogP contribution in [-0.2, 0) is 6.54 Å². The van der Waals surface area contributed by atoms with Crippen LogP contribution in [0.25, 0.3) is 28.0 Å². The third-order valence-corrected chi connectivity index (χ3v) is 5.14. The Hall–Kier alpha value is -3.89. The maximum Gasteiger partial charge on any atom is 0.428 e. The Morgan fingerprint density at radius 1 is 1.12 bits per heavy atom. The van der Waals surface area contributed by atoms with Crippen LogP contribution in [-0.4, -0.2) is 20.9 Å². The van der Waals surface area contributed by atoms with Crippen LogP contribution < -0.4 is 20.6 Å². The van der Waals surface area contributed by atoms with Crippen molar-refractivity contribution in [3.05, 3.63) is 69.5 Å². The number of aryl methyl sites for hydroxylation is 3. The van der Waals surface area contributed by atoms with E-state index in [1.807, 2.05) is 6.07 Å². The summed E-state index contributed by atoms with van der Waals surface area (Å²) in [7, 11) is 0. The lowest BCUT2D eigenvalue weighted by molar-refractivity contribution is -0.619. The fraction of sp³-hybridized carbons (Fsp3) is 0.238. The molecule has 0 aliphatic heterocycles. The lowest BCUT2D eigenvalue weighted by atomic mass is 9.99. The molecule has 0 amide bonds. The van der Waals surface area contributed by atoms with Gasteiger partial charge in [-0.05, 0) is 0 Å². The van der Waals surface area contributed by atoms with Gasteiger partial charge in [0, 0.05) is 37.1 Å². The summed E-state index contributed by atoms with van der Waals surface area (Å²) in [5, 5.41) is 14.9. The molecule has 0 fully saturated rings. The number of alkyl halides is 3.